The van der Waals surface area contributed by atoms with Gasteiger partial charge in [-0.3, -0.25) is 10.1 Å². The molecule has 36 heavy (non-hydrogen) atoms. The van der Waals surface area contributed by atoms with Gasteiger partial charge in [-0.05, 0) is 49.1 Å². The van der Waals surface area contributed by atoms with Crippen molar-refractivity contribution >= 4 is 35.0 Å². The molecule has 2 aromatic carbocycles. The van der Waals surface area contributed by atoms with E-state index < -0.39 is 18.7 Å². The number of carbonyl (C=O) groups excluding carboxylic acids is 2. The van der Waals surface area contributed by atoms with E-state index in [0.717, 1.165) is 41.8 Å². The average Bonchev–Trinajstić information content (AvgIpc) is 3.26. The molecule has 0 saturated carbocycles. The van der Waals surface area contributed by atoms with Crippen LogP contribution in [0.15, 0.2) is 48.5 Å². The number of halogens is 1. The largest absolute Gasteiger partial charge is 0.394 e. The van der Waals surface area contributed by atoms with Crippen LogP contribution in [0.5, 0.6) is 0 Å². The third kappa shape index (κ3) is 7.55. The van der Waals surface area contributed by atoms with Crippen LogP contribution in [0.2, 0.25) is 5.02 Å². The van der Waals surface area contributed by atoms with E-state index in [1.165, 1.54) is 0 Å². The Kier molecular flexibility index (Phi) is 9.86. The van der Waals surface area contributed by atoms with Gasteiger partial charge in [-0.15, -0.1) is 0 Å². The van der Waals surface area contributed by atoms with E-state index in [2.05, 4.69) is 28.0 Å². The second kappa shape index (κ2) is 13.1. The van der Waals surface area contributed by atoms with Gasteiger partial charge in [-0.1, -0.05) is 49.2 Å². The quantitative estimate of drug-likeness (QED) is 0.266. The minimum atomic E-state index is -0.983. The zero-order valence-corrected chi connectivity index (χ0v) is 21.2. The van der Waals surface area contributed by atoms with Gasteiger partial charge in [0.25, 0.3) is 0 Å². The van der Waals surface area contributed by atoms with Crippen molar-refractivity contribution < 1.29 is 19.8 Å². The van der Waals surface area contributed by atoms with Gasteiger partial charge < -0.3 is 20.8 Å². The summed E-state index contributed by atoms with van der Waals surface area (Å²) in [5.74, 6) is 0.246. The molecule has 0 spiro atoms. The Labute approximate surface area is 215 Å². The molecule has 3 rings (SSSR count). The predicted octanol–water partition coefficient (Wildman–Crippen LogP) is 3.83. The maximum absolute atomic E-state index is 12.8. The summed E-state index contributed by atoms with van der Waals surface area (Å²) < 4.78 is 1.66. The first-order valence-electron chi connectivity index (χ1n) is 11.9. The summed E-state index contributed by atoms with van der Waals surface area (Å²) in [5, 5.41) is 31.6. The van der Waals surface area contributed by atoms with Crippen molar-refractivity contribution in [3.8, 4) is 5.69 Å². The van der Waals surface area contributed by atoms with Crippen LogP contribution in [0.4, 0.5) is 16.3 Å². The maximum Gasteiger partial charge on any atom is 0.324 e. The van der Waals surface area contributed by atoms with Crippen LogP contribution in [0, 0.1) is 6.92 Å². The summed E-state index contributed by atoms with van der Waals surface area (Å²) in [6.07, 6.45) is 1.92. The highest BCUT2D eigenvalue weighted by atomic mass is 35.5. The molecule has 10 heteroatoms. The first-order valence-corrected chi connectivity index (χ1v) is 12.3. The molecular formula is C26H32ClN5O4. The molecule has 0 aliphatic rings. The SMILES string of the molecule is CCCCc1cc(NC(=O)Nc2cccc(C)c2Cl)n(-c2ccc(CC(=O)NCC(O)CO)cc2)n1. The van der Waals surface area contributed by atoms with Crippen molar-refractivity contribution in [2.24, 2.45) is 0 Å². The number of nitrogens with one attached hydrogen (secondary N) is 3. The summed E-state index contributed by atoms with van der Waals surface area (Å²) in [6.45, 7) is 3.55. The van der Waals surface area contributed by atoms with Crippen LogP contribution in [0.1, 0.15) is 36.6 Å². The molecule has 0 bridgehead atoms. The van der Waals surface area contributed by atoms with E-state index in [9.17, 15) is 14.7 Å². The fourth-order valence-corrected chi connectivity index (χ4v) is 3.68. The van der Waals surface area contributed by atoms with E-state index in [-0.39, 0.29) is 18.9 Å². The van der Waals surface area contributed by atoms with Crippen LogP contribution >= 0.6 is 11.6 Å². The van der Waals surface area contributed by atoms with E-state index in [0.29, 0.717) is 16.5 Å². The number of hydrogen-bond donors (Lipinski definition) is 5. The van der Waals surface area contributed by atoms with Gasteiger partial charge in [0.15, 0.2) is 0 Å². The summed E-state index contributed by atoms with van der Waals surface area (Å²) in [4.78, 5) is 24.8. The molecular weight excluding hydrogens is 482 g/mol. The molecule has 1 unspecified atom stereocenters. The molecule has 1 aromatic heterocycles. The number of anilines is 2. The highest BCUT2D eigenvalue weighted by Crippen LogP contribution is 2.26. The lowest BCUT2D eigenvalue weighted by atomic mass is 10.1. The molecule has 192 valence electrons. The zero-order chi connectivity index (χ0) is 26.1. The first-order chi connectivity index (χ1) is 17.3. The van der Waals surface area contributed by atoms with Crippen molar-refractivity contribution in [1.29, 1.82) is 0 Å². The Balaban J connectivity index is 1.75. The lowest BCUT2D eigenvalue weighted by Gasteiger charge is -2.12. The third-order valence-electron chi connectivity index (χ3n) is 5.52. The summed E-state index contributed by atoms with van der Waals surface area (Å²) in [5.41, 5.74) is 3.72. The lowest BCUT2D eigenvalue weighted by Crippen LogP contribution is -2.34. The van der Waals surface area contributed by atoms with E-state index in [1.54, 1.807) is 22.9 Å². The number of urea groups is 1. The average molecular weight is 514 g/mol. The number of hydrogen-bond acceptors (Lipinski definition) is 5. The number of nitrogens with zero attached hydrogens (tertiary/aromatic N) is 2. The number of amides is 3. The van der Waals surface area contributed by atoms with Gasteiger partial charge in [-0.2, -0.15) is 5.10 Å². The van der Waals surface area contributed by atoms with Crippen LogP contribution in [0.3, 0.4) is 0 Å². The van der Waals surface area contributed by atoms with Crippen molar-refractivity contribution in [2.45, 2.75) is 45.6 Å². The molecule has 1 atom stereocenters. The highest BCUT2D eigenvalue weighted by Gasteiger charge is 2.15. The van der Waals surface area contributed by atoms with Crippen LogP contribution in [-0.2, 0) is 17.6 Å². The first kappa shape index (κ1) is 27.2. The number of carbonyl (C=O) groups is 2. The van der Waals surface area contributed by atoms with Crippen LogP contribution in [-0.4, -0.2) is 51.2 Å². The maximum atomic E-state index is 12.8. The van der Waals surface area contributed by atoms with Gasteiger partial charge in [0.2, 0.25) is 5.91 Å². The van der Waals surface area contributed by atoms with Gasteiger partial charge in [0.05, 0.1) is 41.2 Å². The summed E-state index contributed by atoms with van der Waals surface area (Å²) >= 11 is 6.31. The Morgan fingerprint density at radius 1 is 1.14 bits per heavy atom. The van der Waals surface area contributed by atoms with Gasteiger partial charge >= 0.3 is 6.03 Å². The number of aromatic nitrogens is 2. The fourth-order valence-electron chi connectivity index (χ4n) is 3.51. The Bertz CT molecular complexity index is 1180. The Hall–Kier alpha value is -3.40. The molecule has 0 saturated heterocycles. The fraction of sp³-hybridized carbons (Fsp3) is 0.346. The van der Waals surface area contributed by atoms with Crippen LogP contribution < -0.4 is 16.0 Å². The standard InChI is InChI=1S/C26H32ClN5O4/c1-3-4-7-19-14-23(30-26(36)29-22-8-5-6-17(2)25(22)27)32(31-19)20-11-9-18(10-12-20)13-24(35)28-15-21(34)16-33/h5-6,8-12,14,21,33-34H,3-4,7,13,15-16H2,1-2H3,(H,28,35)(H2,29,30,36). The number of aryl methyl sites for hydroxylation is 2. The number of aliphatic hydroxyl groups is 2. The molecule has 3 amide bonds. The smallest absolute Gasteiger partial charge is 0.324 e. The Morgan fingerprint density at radius 3 is 2.58 bits per heavy atom. The molecule has 9 nitrogen and oxygen atoms in total. The molecule has 0 fully saturated rings. The minimum Gasteiger partial charge on any atom is -0.394 e. The third-order valence-corrected chi connectivity index (χ3v) is 6.02. The normalized spacial score (nSPS) is 11.7. The van der Waals surface area contributed by atoms with Crippen molar-refractivity contribution in [2.75, 3.05) is 23.8 Å². The molecule has 0 aliphatic carbocycles. The monoisotopic (exact) mass is 513 g/mol. The number of aliphatic hydroxyl groups excluding tert-OH is 2. The number of unbranched alkanes of at least 4 members (excludes halogenated alkanes) is 1. The highest BCUT2D eigenvalue weighted by molar-refractivity contribution is 6.34. The second-order valence-corrected chi connectivity index (χ2v) is 8.91. The van der Waals surface area contributed by atoms with E-state index in [4.69, 9.17) is 16.7 Å². The lowest BCUT2D eigenvalue weighted by molar-refractivity contribution is -0.121. The number of rotatable bonds is 11. The topological polar surface area (TPSA) is 129 Å². The predicted molar refractivity (Wildman–Crippen MR) is 141 cm³/mol. The van der Waals surface area contributed by atoms with Crippen molar-refractivity contribution in [3.63, 3.8) is 0 Å². The summed E-state index contributed by atoms with van der Waals surface area (Å²) in [6, 6.07) is 14.1. The molecule has 0 aliphatic heterocycles. The number of benzene rings is 2. The molecule has 1 heterocycles. The van der Waals surface area contributed by atoms with Crippen molar-refractivity contribution in [3.05, 3.63) is 70.4 Å². The Morgan fingerprint density at radius 2 is 1.89 bits per heavy atom. The van der Waals surface area contributed by atoms with Crippen molar-refractivity contribution in [1.82, 2.24) is 15.1 Å². The molecule has 3 aromatic rings. The molecule has 5 N–H and O–H groups in total. The zero-order valence-electron chi connectivity index (χ0n) is 20.4. The van der Waals surface area contributed by atoms with E-state index in [1.807, 2.05) is 37.3 Å². The minimum absolute atomic E-state index is 0.00784. The summed E-state index contributed by atoms with van der Waals surface area (Å²) in [7, 11) is 0. The van der Waals surface area contributed by atoms with Gasteiger partial charge in [-0.25, -0.2) is 9.48 Å². The molecule has 0 radical (unpaired) electrons. The second-order valence-electron chi connectivity index (χ2n) is 8.54. The van der Waals surface area contributed by atoms with Gasteiger partial charge in [0.1, 0.15) is 5.82 Å². The van der Waals surface area contributed by atoms with E-state index >= 15 is 0 Å². The van der Waals surface area contributed by atoms with Crippen LogP contribution in [0.25, 0.3) is 5.69 Å². The van der Waals surface area contributed by atoms with Gasteiger partial charge in [0, 0.05) is 12.6 Å².